The Morgan fingerprint density at radius 3 is 1.17 bits per heavy atom. The summed E-state index contributed by atoms with van der Waals surface area (Å²) >= 11 is 0. The second kappa shape index (κ2) is 48.7. The first-order valence-electron chi connectivity index (χ1n) is 45.5. The third kappa shape index (κ3) is 35.8. The van der Waals surface area contributed by atoms with Crippen LogP contribution in [0.5, 0.6) is 0 Å². The van der Waals surface area contributed by atoms with E-state index in [4.69, 9.17) is 0 Å². The molecule has 25 atom stereocenters. The van der Waals surface area contributed by atoms with Crippen LogP contribution in [0.3, 0.4) is 0 Å². The minimum Gasteiger partial charge on any atom is -0.393 e. The first-order chi connectivity index (χ1) is 48.1. The van der Waals surface area contributed by atoms with Gasteiger partial charge >= 0.3 is 0 Å². The molecule has 8 saturated carbocycles. The summed E-state index contributed by atoms with van der Waals surface area (Å²) in [4.78, 5) is 0. The van der Waals surface area contributed by atoms with E-state index < -0.39 is 0 Å². The maximum atomic E-state index is 10.2. The third-order valence-corrected chi connectivity index (χ3v) is 29.3. The Bertz CT molecular complexity index is 2080. The van der Waals surface area contributed by atoms with Crippen molar-refractivity contribution in [3.63, 3.8) is 0 Å². The van der Waals surface area contributed by atoms with E-state index in [0.717, 1.165) is 131 Å². The number of hydrogen-bond donors (Lipinski definition) is 8. The van der Waals surface area contributed by atoms with Crippen LogP contribution in [0.4, 0.5) is 0 Å². The average Bonchev–Trinajstić information content (AvgIpc) is 0.828. The molecule has 0 heterocycles. The van der Waals surface area contributed by atoms with E-state index in [2.05, 4.69) is 208 Å². The summed E-state index contributed by atoms with van der Waals surface area (Å²) in [6.45, 7) is 68.2. The molecule has 8 aliphatic rings. The van der Waals surface area contributed by atoms with Crippen LogP contribution in [0.15, 0.2) is 0 Å². The minimum absolute atomic E-state index is 0.0122. The third-order valence-electron chi connectivity index (χ3n) is 29.3. The van der Waals surface area contributed by atoms with Gasteiger partial charge in [-0.1, -0.05) is 285 Å². The molecular weight excluding hydrogens is 1280 g/mol. The van der Waals surface area contributed by atoms with E-state index in [9.17, 15) is 40.9 Å². The molecule has 25 unspecified atom stereocenters. The summed E-state index contributed by atoms with van der Waals surface area (Å²) in [6.07, 6.45) is 39.7. The Morgan fingerprint density at radius 2 is 0.731 bits per heavy atom. The highest BCUT2D eigenvalue weighted by Crippen LogP contribution is 2.48. The molecule has 8 nitrogen and oxygen atoms in total. The number of rotatable bonds is 12. The zero-order chi connectivity index (χ0) is 80.1. The van der Waals surface area contributed by atoms with Crippen molar-refractivity contribution in [2.24, 2.45) is 139 Å². The Morgan fingerprint density at radius 1 is 0.288 bits per heavy atom. The second-order valence-corrected chi connectivity index (χ2v) is 43.1. The summed E-state index contributed by atoms with van der Waals surface area (Å²) in [5.74, 6) is 12.4. The van der Waals surface area contributed by atoms with Gasteiger partial charge in [0.2, 0.25) is 0 Å². The van der Waals surface area contributed by atoms with Gasteiger partial charge in [0.25, 0.3) is 0 Å². The normalized spacial score (nSPS) is 36.3. The van der Waals surface area contributed by atoms with Crippen molar-refractivity contribution in [2.45, 2.75) is 475 Å². The molecule has 0 aliphatic heterocycles. The maximum absolute atomic E-state index is 10.2. The van der Waals surface area contributed by atoms with Gasteiger partial charge in [-0.3, -0.25) is 0 Å². The Balaban J connectivity index is 0.000000594. The van der Waals surface area contributed by atoms with Gasteiger partial charge in [-0.2, -0.15) is 0 Å². The van der Waals surface area contributed by atoms with E-state index in [1.807, 2.05) is 0 Å². The van der Waals surface area contributed by atoms with Gasteiger partial charge in [0.05, 0.1) is 48.8 Å². The van der Waals surface area contributed by atoms with Crippen molar-refractivity contribution in [1.82, 2.24) is 0 Å². The summed E-state index contributed by atoms with van der Waals surface area (Å²) in [5, 5.41) is 78.9. The average molecular weight is 1470 g/mol. The summed E-state index contributed by atoms with van der Waals surface area (Å²) in [7, 11) is 0. The minimum atomic E-state index is -0.0567. The fourth-order valence-electron chi connectivity index (χ4n) is 21.4. The van der Waals surface area contributed by atoms with Crippen LogP contribution in [-0.4, -0.2) is 89.7 Å². The Labute approximate surface area is 651 Å². The molecule has 0 saturated heterocycles. The van der Waals surface area contributed by atoms with Crippen LogP contribution in [-0.2, 0) is 0 Å². The first-order valence-corrected chi connectivity index (χ1v) is 45.5. The number of aliphatic hydroxyl groups is 8. The van der Waals surface area contributed by atoms with Crippen molar-refractivity contribution >= 4 is 0 Å². The van der Waals surface area contributed by atoms with Crippen LogP contribution in [0, 0.1) is 139 Å². The first kappa shape index (κ1) is 102. The van der Waals surface area contributed by atoms with Gasteiger partial charge in [0.1, 0.15) is 0 Å². The zero-order valence-corrected chi connectivity index (χ0v) is 75.6. The molecule has 0 aromatic heterocycles. The van der Waals surface area contributed by atoms with E-state index in [1.165, 1.54) is 135 Å². The van der Waals surface area contributed by atoms with Crippen molar-refractivity contribution < 1.29 is 40.9 Å². The highest BCUT2D eigenvalue weighted by Gasteiger charge is 2.42. The molecule has 0 amide bonds. The SMILES string of the molecule is CCC(C)C1CC(O)CCC1CC.CCC1C(O)CCCC1C(C)(C)C.CCC1CC(C(C)(C)C)CCC1O.CCC1CCC(C(C)(C)C)CC1O.CCC1CCC(O)C(C(C)(C)C)C1.CCC1CCC(O)CC1C(C)(C)C.CCC1CCCC(C(C)(C)C)C1O.CCCC1C(O)CCCC1C(C)C. The van der Waals surface area contributed by atoms with Crippen molar-refractivity contribution in [3.05, 3.63) is 0 Å². The van der Waals surface area contributed by atoms with Crippen LogP contribution < -0.4 is 0 Å². The standard InChI is InChI=1S/8C12H24O/c1-5-9-8-10(12(2,3)4)6-7-11(9)13;1-5-9-6-7-10(13)8-11(9)12(2,3)4;1-5-9-6-7-10(8-11(9)13)12(2,3)4;1-5-9-6-7-11(13)10(8-9)12(2,3)4;1-5-9-10(12(2,3)4)7-6-8-11(9)13;1-5-9-7-6-8-10(11(9)13)12(2,3)4;1-4-6-11-10(9(2)3)7-5-8-12(11)13;1-4-9(3)12-8-11(13)7-6-10(12)5-2/h6*9-11,13H,5-8H2,1-4H3;2*9-13H,4-8H2,1-3H3. The van der Waals surface area contributed by atoms with Gasteiger partial charge in [-0.05, 0) is 280 Å². The van der Waals surface area contributed by atoms with Crippen LogP contribution in [0.25, 0.3) is 0 Å². The predicted molar refractivity (Wildman–Crippen MR) is 453 cm³/mol. The summed E-state index contributed by atoms with van der Waals surface area (Å²) in [6, 6.07) is 0. The molecule has 0 aromatic carbocycles. The molecule has 0 radical (unpaired) electrons. The molecule has 104 heavy (non-hydrogen) atoms. The fraction of sp³-hybridized carbons (Fsp3) is 1.00. The van der Waals surface area contributed by atoms with Gasteiger partial charge < -0.3 is 40.9 Å². The lowest BCUT2D eigenvalue weighted by atomic mass is 9.64. The van der Waals surface area contributed by atoms with E-state index in [0.29, 0.717) is 80.8 Å². The van der Waals surface area contributed by atoms with Gasteiger partial charge in [-0.15, -0.1) is 0 Å². The molecule has 0 bridgehead atoms. The van der Waals surface area contributed by atoms with Crippen LogP contribution in [0.2, 0.25) is 0 Å². The van der Waals surface area contributed by atoms with Gasteiger partial charge in [0, 0.05) is 0 Å². The molecular formula is C96H192O8. The topological polar surface area (TPSA) is 162 Å². The Hall–Kier alpha value is -0.320. The number of aliphatic hydroxyl groups excluding tert-OH is 8. The molecule has 8 rings (SSSR count). The van der Waals surface area contributed by atoms with E-state index in [1.54, 1.807) is 0 Å². The second-order valence-electron chi connectivity index (χ2n) is 43.1. The maximum Gasteiger partial charge on any atom is 0.0601 e. The van der Waals surface area contributed by atoms with Gasteiger partial charge in [0.15, 0.2) is 0 Å². The summed E-state index contributed by atoms with van der Waals surface area (Å²) < 4.78 is 0. The lowest BCUT2D eigenvalue weighted by molar-refractivity contribution is -0.0313. The van der Waals surface area contributed by atoms with E-state index in [-0.39, 0.29) is 59.7 Å². The van der Waals surface area contributed by atoms with E-state index >= 15 is 0 Å². The van der Waals surface area contributed by atoms with Crippen molar-refractivity contribution in [3.8, 4) is 0 Å². The lowest BCUT2D eigenvalue weighted by Gasteiger charge is -2.42. The van der Waals surface area contributed by atoms with Crippen molar-refractivity contribution in [2.75, 3.05) is 0 Å². The highest BCUT2D eigenvalue weighted by molar-refractivity contribution is 4.93. The molecule has 624 valence electrons. The van der Waals surface area contributed by atoms with Crippen LogP contribution >= 0.6 is 0 Å². The summed E-state index contributed by atoms with van der Waals surface area (Å²) in [5.41, 5.74) is 2.07. The zero-order valence-electron chi connectivity index (χ0n) is 75.6. The molecule has 8 fully saturated rings. The highest BCUT2D eigenvalue weighted by atomic mass is 16.3. The number of hydrogen-bond acceptors (Lipinski definition) is 8. The largest absolute Gasteiger partial charge is 0.393 e. The predicted octanol–water partition coefficient (Wildman–Crippen LogP) is 25.8. The fourth-order valence-corrected chi connectivity index (χ4v) is 21.4. The monoisotopic (exact) mass is 1470 g/mol. The Kier molecular flexibility index (Phi) is 47.6. The molecule has 8 aliphatic carbocycles. The molecule has 8 N–H and O–H groups in total. The quantitative estimate of drug-likeness (QED) is 0.0958. The van der Waals surface area contributed by atoms with Crippen molar-refractivity contribution in [1.29, 1.82) is 0 Å². The smallest absolute Gasteiger partial charge is 0.0601 e. The lowest BCUT2D eigenvalue weighted by Crippen LogP contribution is -2.40. The molecule has 0 aromatic rings. The van der Waals surface area contributed by atoms with Crippen LogP contribution in [0.1, 0.15) is 426 Å². The van der Waals surface area contributed by atoms with Gasteiger partial charge in [-0.25, -0.2) is 0 Å². The molecule has 8 heteroatoms. The molecule has 0 spiro atoms.